The van der Waals surface area contributed by atoms with Gasteiger partial charge in [0.2, 0.25) is 0 Å². The number of anilines is 1. The summed E-state index contributed by atoms with van der Waals surface area (Å²) in [5, 5.41) is 2.81. The summed E-state index contributed by atoms with van der Waals surface area (Å²) in [5.41, 5.74) is 9.65. The number of hydrogen-bond donors (Lipinski definition) is 2. The highest BCUT2D eigenvalue weighted by atomic mass is 35.5. The molecule has 0 unspecified atom stereocenters. The molecule has 0 saturated heterocycles. The van der Waals surface area contributed by atoms with E-state index in [0.717, 1.165) is 22.4 Å². The molecular weight excluding hydrogens is 380 g/mol. The molecule has 0 atom stereocenters. The van der Waals surface area contributed by atoms with Gasteiger partial charge in [0.15, 0.2) is 0 Å². The molecule has 28 heavy (non-hydrogen) atoms. The van der Waals surface area contributed by atoms with Gasteiger partial charge in [0.25, 0.3) is 5.91 Å². The fraction of sp³-hybridized carbons (Fsp3) is 0.250. The summed E-state index contributed by atoms with van der Waals surface area (Å²) in [5.74, 6) is 0.305. The molecule has 1 heterocycles. The summed E-state index contributed by atoms with van der Waals surface area (Å²) in [4.78, 5) is 28.1. The smallest absolute Gasteiger partial charge is 0.305 e. The number of carbonyl (C=O) groups excluding carboxylic acids is 2. The molecule has 1 amide bonds. The number of nitrogen functional groups attached to an aromatic ring is 1. The molecular formula is C20H23ClN4O3. The fourth-order valence-corrected chi connectivity index (χ4v) is 2.92. The third kappa shape index (κ3) is 4.61. The van der Waals surface area contributed by atoms with Crippen molar-refractivity contribution in [1.29, 1.82) is 0 Å². The van der Waals surface area contributed by atoms with Gasteiger partial charge in [-0.05, 0) is 36.8 Å². The number of fused-ring (bicyclic) bond motifs is 1. The van der Waals surface area contributed by atoms with Gasteiger partial charge >= 0.3 is 5.97 Å². The Morgan fingerprint density at radius 1 is 1.21 bits per heavy atom. The first-order chi connectivity index (χ1) is 13.0. The second-order valence-corrected chi connectivity index (χ2v) is 6.26. The van der Waals surface area contributed by atoms with Gasteiger partial charge in [-0.25, -0.2) is 4.98 Å². The van der Waals surface area contributed by atoms with Crippen LogP contribution < -0.4 is 11.1 Å². The molecule has 0 spiro atoms. The lowest BCUT2D eigenvalue weighted by Gasteiger charge is -2.05. The number of aromatic nitrogens is 2. The quantitative estimate of drug-likeness (QED) is 0.375. The van der Waals surface area contributed by atoms with E-state index in [9.17, 15) is 9.59 Å². The Balaban J connectivity index is 0.00000280. The summed E-state index contributed by atoms with van der Waals surface area (Å²) >= 11 is 0. The van der Waals surface area contributed by atoms with Crippen molar-refractivity contribution < 1.29 is 14.3 Å². The highest BCUT2D eigenvalue weighted by Crippen LogP contribution is 2.25. The molecule has 0 saturated carbocycles. The van der Waals surface area contributed by atoms with Gasteiger partial charge in [0.05, 0.1) is 18.1 Å². The molecule has 0 aliphatic rings. The number of amides is 1. The van der Waals surface area contributed by atoms with Crippen molar-refractivity contribution in [3.8, 4) is 11.4 Å². The van der Waals surface area contributed by atoms with E-state index in [0.29, 0.717) is 24.2 Å². The van der Waals surface area contributed by atoms with Crippen LogP contribution in [0.25, 0.3) is 22.4 Å². The molecule has 0 aliphatic carbocycles. The van der Waals surface area contributed by atoms with E-state index in [-0.39, 0.29) is 30.7 Å². The molecule has 1 aromatic heterocycles. The van der Waals surface area contributed by atoms with E-state index in [1.807, 2.05) is 41.9 Å². The summed E-state index contributed by atoms with van der Waals surface area (Å²) in [6, 6.07) is 12.9. The minimum atomic E-state index is -0.284. The fourth-order valence-electron chi connectivity index (χ4n) is 2.92. The SMILES string of the molecule is COC(=O)CCCNC(=O)c1ccc2c(c1)nc(-c1cccc(N)c1)n2C.Cl. The number of hydrogen-bond acceptors (Lipinski definition) is 5. The largest absolute Gasteiger partial charge is 0.469 e. The van der Waals surface area contributed by atoms with Crippen LogP contribution in [0.2, 0.25) is 0 Å². The van der Waals surface area contributed by atoms with Crippen molar-refractivity contribution in [2.24, 2.45) is 7.05 Å². The first kappa shape index (κ1) is 21.2. The van der Waals surface area contributed by atoms with E-state index in [1.54, 1.807) is 12.1 Å². The normalized spacial score (nSPS) is 10.4. The Morgan fingerprint density at radius 3 is 2.71 bits per heavy atom. The third-order valence-electron chi connectivity index (χ3n) is 4.36. The Morgan fingerprint density at radius 2 is 2.00 bits per heavy atom. The number of nitrogens with two attached hydrogens (primary N) is 1. The number of halogens is 1. The lowest BCUT2D eigenvalue weighted by molar-refractivity contribution is -0.140. The lowest BCUT2D eigenvalue weighted by atomic mass is 10.2. The monoisotopic (exact) mass is 402 g/mol. The number of nitrogens with zero attached hydrogens (tertiary/aromatic N) is 2. The summed E-state index contributed by atoms with van der Waals surface area (Å²) in [6.45, 7) is 0.405. The highest BCUT2D eigenvalue weighted by Gasteiger charge is 2.13. The molecule has 3 rings (SSSR count). The highest BCUT2D eigenvalue weighted by molar-refractivity contribution is 5.97. The van der Waals surface area contributed by atoms with Gasteiger partial charge in [-0.15, -0.1) is 12.4 Å². The number of methoxy groups -OCH3 is 1. The maximum atomic E-state index is 12.3. The molecule has 148 valence electrons. The summed E-state index contributed by atoms with van der Waals surface area (Å²) < 4.78 is 6.55. The van der Waals surface area contributed by atoms with Crippen molar-refractivity contribution in [2.75, 3.05) is 19.4 Å². The first-order valence-electron chi connectivity index (χ1n) is 8.67. The molecule has 0 bridgehead atoms. The van der Waals surface area contributed by atoms with E-state index in [4.69, 9.17) is 5.73 Å². The van der Waals surface area contributed by atoms with Gasteiger partial charge in [-0.3, -0.25) is 9.59 Å². The van der Waals surface area contributed by atoms with Crippen LogP contribution >= 0.6 is 12.4 Å². The van der Waals surface area contributed by atoms with Crippen LogP contribution in [-0.2, 0) is 16.6 Å². The molecule has 0 fully saturated rings. The zero-order valence-corrected chi connectivity index (χ0v) is 16.6. The third-order valence-corrected chi connectivity index (χ3v) is 4.36. The lowest BCUT2D eigenvalue weighted by Crippen LogP contribution is -2.24. The van der Waals surface area contributed by atoms with Crippen LogP contribution in [0.1, 0.15) is 23.2 Å². The Kier molecular flexibility index (Phi) is 7.00. The van der Waals surface area contributed by atoms with Crippen molar-refractivity contribution in [2.45, 2.75) is 12.8 Å². The van der Waals surface area contributed by atoms with Crippen molar-refractivity contribution in [3.05, 3.63) is 48.0 Å². The van der Waals surface area contributed by atoms with Crippen molar-refractivity contribution in [1.82, 2.24) is 14.9 Å². The molecule has 0 aliphatic heterocycles. The number of esters is 1. The molecule has 2 aromatic carbocycles. The molecule has 0 radical (unpaired) electrons. The molecule has 3 N–H and O–H groups in total. The van der Waals surface area contributed by atoms with Crippen molar-refractivity contribution >= 4 is 41.0 Å². The van der Waals surface area contributed by atoms with E-state index in [1.165, 1.54) is 7.11 Å². The Bertz CT molecular complexity index is 1000. The van der Waals surface area contributed by atoms with Crippen LogP contribution in [-0.4, -0.2) is 35.1 Å². The molecule has 7 nitrogen and oxygen atoms in total. The van der Waals surface area contributed by atoms with Crippen LogP contribution in [0, 0.1) is 0 Å². The minimum absolute atomic E-state index is 0. The second kappa shape index (κ2) is 9.23. The average Bonchev–Trinajstić information content (AvgIpc) is 3.01. The number of imidazole rings is 1. The predicted molar refractivity (Wildman–Crippen MR) is 111 cm³/mol. The van der Waals surface area contributed by atoms with Crippen LogP contribution in [0.3, 0.4) is 0 Å². The van der Waals surface area contributed by atoms with Gasteiger partial charge in [0.1, 0.15) is 5.82 Å². The van der Waals surface area contributed by atoms with Gasteiger partial charge in [-0.1, -0.05) is 12.1 Å². The number of carbonyl (C=O) groups is 2. The van der Waals surface area contributed by atoms with Gasteiger partial charge in [0, 0.05) is 36.8 Å². The first-order valence-corrected chi connectivity index (χ1v) is 8.67. The zero-order chi connectivity index (χ0) is 19.4. The number of nitrogens with one attached hydrogen (secondary N) is 1. The number of aryl methyl sites for hydroxylation is 1. The van der Waals surface area contributed by atoms with E-state index >= 15 is 0 Å². The number of ether oxygens (including phenoxy) is 1. The Labute approximate surface area is 169 Å². The van der Waals surface area contributed by atoms with Crippen LogP contribution in [0.5, 0.6) is 0 Å². The second-order valence-electron chi connectivity index (χ2n) is 6.26. The minimum Gasteiger partial charge on any atom is -0.469 e. The standard InChI is InChI=1S/C20H22N4O3.ClH/c1-24-17-9-8-14(20(26)22-10-4-7-18(25)27-2)12-16(17)23-19(24)13-5-3-6-15(21)11-13;/h3,5-6,8-9,11-12H,4,7,10,21H2,1-2H3,(H,22,26);1H. The van der Waals surface area contributed by atoms with Crippen LogP contribution in [0.4, 0.5) is 5.69 Å². The summed E-state index contributed by atoms with van der Waals surface area (Å²) in [6.07, 6.45) is 0.809. The molecule has 3 aromatic rings. The number of rotatable bonds is 6. The average molecular weight is 403 g/mol. The molecule has 8 heteroatoms. The zero-order valence-electron chi connectivity index (χ0n) is 15.8. The Hall–Kier alpha value is -3.06. The van der Waals surface area contributed by atoms with Crippen LogP contribution in [0.15, 0.2) is 42.5 Å². The van der Waals surface area contributed by atoms with Gasteiger partial charge in [-0.2, -0.15) is 0 Å². The maximum Gasteiger partial charge on any atom is 0.305 e. The van der Waals surface area contributed by atoms with E-state index < -0.39 is 0 Å². The summed E-state index contributed by atoms with van der Waals surface area (Å²) in [7, 11) is 3.28. The maximum absolute atomic E-state index is 12.3. The van der Waals surface area contributed by atoms with Crippen molar-refractivity contribution in [3.63, 3.8) is 0 Å². The topological polar surface area (TPSA) is 99.2 Å². The predicted octanol–water partition coefficient (Wildman–Crippen LogP) is 2.93. The van der Waals surface area contributed by atoms with E-state index in [2.05, 4.69) is 15.0 Å². The van der Waals surface area contributed by atoms with Gasteiger partial charge < -0.3 is 20.4 Å². The number of benzene rings is 2.